The SMILES string of the molecule is CCN(CC)CCSCc1ccc(N)c(F)c1. The normalized spacial score (nSPS) is 11.1. The Bertz CT molecular complexity index is 340. The van der Waals surface area contributed by atoms with Crippen LogP contribution in [0.15, 0.2) is 18.2 Å². The van der Waals surface area contributed by atoms with Crippen molar-refractivity contribution in [1.82, 2.24) is 4.90 Å². The number of anilines is 1. The number of nitrogen functional groups attached to an aromatic ring is 1. The molecule has 0 aliphatic rings. The fourth-order valence-electron chi connectivity index (χ4n) is 1.58. The maximum absolute atomic E-state index is 13.2. The quantitative estimate of drug-likeness (QED) is 0.601. The van der Waals surface area contributed by atoms with E-state index in [-0.39, 0.29) is 11.5 Å². The minimum Gasteiger partial charge on any atom is -0.396 e. The van der Waals surface area contributed by atoms with Gasteiger partial charge in [-0.15, -0.1) is 0 Å². The Balaban J connectivity index is 2.28. The van der Waals surface area contributed by atoms with Crippen LogP contribution >= 0.6 is 11.8 Å². The fraction of sp³-hybridized carbons (Fsp3) is 0.538. The number of halogens is 1. The molecule has 0 fully saturated rings. The van der Waals surface area contributed by atoms with E-state index < -0.39 is 0 Å². The van der Waals surface area contributed by atoms with Gasteiger partial charge in [0.15, 0.2) is 0 Å². The molecule has 0 unspecified atom stereocenters. The van der Waals surface area contributed by atoms with Gasteiger partial charge in [0, 0.05) is 18.1 Å². The third kappa shape index (κ3) is 4.96. The second-order valence-electron chi connectivity index (χ2n) is 3.94. The predicted molar refractivity (Wildman–Crippen MR) is 74.8 cm³/mol. The molecule has 2 nitrogen and oxygen atoms in total. The van der Waals surface area contributed by atoms with Gasteiger partial charge in [0.2, 0.25) is 0 Å². The number of rotatable bonds is 7. The zero-order valence-electron chi connectivity index (χ0n) is 10.6. The van der Waals surface area contributed by atoms with Crippen LogP contribution in [0.5, 0.6) is 0 Å². The smallest absolute Gasteiger partial charge is 0.146 e. The molecule has 96 valence electrons. The lowest BCUT2D eigenvalue weighted by Gasteiger charge is -2.17. The Hall–Kier alpha value is -0.740. The van der Waals surface area contributed by atoms with Crippen LogP contribution in [0.1, 0.15) is 19.4 Å². The molecular formula is C13H21FN2S. The van der Waals surface area contributed by atoms with Gasteiger partial charge in [0.05, 0.1) is 5.69 Å². The summed E-state index contributed by atoms with van der Waals surface area (Å²) in [5.74, 6) is 1.61. The van der Waals surface area contributed by atoms with Crippen molar-refractivity contribution >= 4 is 17.4 Å². The monoisotopic (exact) mass is 256 g/mol. The van der Waals surface area contributed by atoms with Crippen LogP contribution in [0.4, 0.5) is 10.1 Å². The molecule has 0 saturated carbocycles. The number of hydrogen-bond acceptors (Lipinski definition) is 3. The van der Waals surface area contributed by atoms with Crippen LogP contribution in [0.2, 0.25) is 0 Å². The van der Waals surface area contributed by atoms with Crippen molar-refractivity contribution in [3.63, 3.8) is 0 Å². The fourth-order valence-corrected chi connectivity index (χ4v) is 2.53. The van der Waals surface area contributed by atoms with E-state index in [9.17, 15) is 4.39 Å². The summed E-state index contributed by atoms with van der Waals surface area (Å²) in [6, 6.07) is 5.05. The Morgan fingerprint density at radius 2 is 2.00 bits per heavy atom. The molecule has 0 spiro atoms. The van der Waals surface area contributed by atoms with E-state index in [0.717, 1.165) is 36.7 Å². The maximum atomic E-state index is 13.2. The van der Waals surface area contributed by atoms with Crippen LogP contribution in [0.3, 0.4) is 0 Å². The summed E-state index contributed by atoms with van der Waals surface area (Å²) in [4.78, 5) is 2.39. The standard InChI is InChI=1S/C13H21FN2S/c1-3-16(4-2)7-8-17-10-11-5-6-13(15)12(14)9-11/h5-6,9H,3-4,7-8,10,15H2,1-2H3. The summed E-state index contributed by atoms with van der Waals surface area (Å²) < 4.78 is 13.2. The molecule has 0 bridgehead atoms. The lowest BCUT2D eigenvalue weighted by Crippen LogP contribution is -2.25. The van der Waals surface area contributed by atoms with E-state index in [2.05, 4.69) is 18.7 Å². The minimum atomic E-state index is -0.313. The van der Waals surface area contributed by atoms with Crippen LogP contribution in [0.25, 0.3) is 0 Å². The molecule has 0 heterocycles. The first-order valence-corrected chi connectivity index (χ1v) is 7.16. The van der Waals surface area contributed by atoms with Gasteiger partial charge in [-0.25, -0.2) is 4.39 Å². The first-order valence-electron chi connectivity index (χ1n) is 6.01. The number of benzene rings is 1. The van der Waals surface area contributed by atoms with Gasteiger partial charge < -0.3 is 10.6 Å². The molecule has 1 aromatic carbocycles. The molecule has 1 aromatic rings. The highest BCUT2D eigenvalue weighted by molar-refractivity contribution is 7.98. The first-order chi connectivity index (χ1) is 8.17. The lowest BCUT2D eigenvalue weighted by molar-refractivity contribution is 0.324. The Kier molecular flexibility index (Phi) is 6.37. The van der Waals surface area contributed by atoms with Crippen molar-refractivity contribution in [3.05, 3.63) is 29.6 Å². The van der Waals surface area contributed by atoms with Gasteiger partial charge in [0.1, 0.15) is 5.82 Å². The lowest BCUT2D eigenvalue weighted by atomic mass is 10.2. The molecule has 0 amide bonds. The van der Waals surface area contributed by atoms with E-state index in [1.807, 2.05) is 17.8 Å². The average Bonchev–Trinajstić information content (AvgIpc) is 2.34. The largest absolute Gasteiger partial charge is 0.396 e. The minimum absolute atomic E-state index is 0.224. The van der Waals surface area contributed by atoms with Crippen LogP contribution < -0.4 is 5.73 Å². The van der Waals surface area contributed by atoms with Crippen LogP contribution in [0, 0.1) is 5.82 Å². The molecule has 2 N–H and O–H groups in total. The van der Waals surface area contributed by atoms with Gasteiger partial charge >= 0.3 is 0 Å². The van der Waals surface area contributed by atoms with Crippen LogP contribution in [-0.2, 0) is 5.75 Å². The van der Waals surface area contributed by atoms with E-state index in [1.165, 1.54) is 6.07 Å². The Labute approximate surface area is 107 Å². The molecule has 1 rings (SSSR count). The van der Waals surface area contributed by atoms with Crippen molar-refractivity contribution in [2.45, 2.75) is 19.6 Å². The molecule has 17 heavy (non-hydrogen) atoms. The van der Waals surface area contributed by atoms with Crippen LogP contribution in [-0.4, -0.2) is 30.3 Å². The molecule has 0 aromatic heterocycles. The zero-order chi connectivity index (χ0) is 12.7. The highest BCUT2D eigenvalue weighted by Gasteiger charge is 2.02. The van der Waals surface area contributed by atoms with E-state index in [4.69, 9.17) is 5.73 Å². The highest BCUT2D eigenvalue weighted by atomic mass is 32.2. The predicted octanol–water partition coefficient (Wildman–Crippen LogP) is 2.98. The summed E-state index contributed by atoms with van der Waals surface area (Å²) in [6.45, 7) is 7.61. The van der Waals surface area contributed by atoms with Gasteiger partial charge in [-0.2, -0.15) is 11.8 Å². The average molecular weight is 256 g/mol. The van der Waals surface area contributed by atoms with Gasteiger partial charge in [-0.3, -0.25) is 0 Å². The maximum Gasteiger partial charge on any atom is 0.146 e. The van der Waals surface area contributed by atoms with Crippen molar-refractivity contribution < 1.29 is 4.39 Å². The number of nitrogens with two attached hydrogens (primary N) is 1. The molecule has 0 atom stereocenters. The van der Waals surface area contributed by atoms with E-state index in [0.29, 0.717) is 0 Å². The van der Waals surface area contributed by atoms with Crippen molar-refractivity contribution in [2.24, 2.45) is 0 Å². The molecule has 0 aliphatic carbocycles. The van der Waals surface area contributed by atoms with Crippen molar-refractivity contribution in [2.75, 3.05) is 31.1 Å². The second kappa shape index (κ2) is 7.56. The summed E-state index contributed by atoms with van der Waals surface area (Å²) >= 11 is 1.83. The van der Waals surface area contributed by atoms with Gasteiger partial charge in [-0.1, -0.05) is 19.9 Å². The molecule has 0 radical (unpaired) electrons. The highest BCUT2D eigenvalue weighted by Crippen LogP contribution is 2.17. The van der Waals surface area contributed by atoms with Crippen molar-refractivity contribution in [1.29, 1.82) is 0 Å². The third-order valence-electron chi connectivity index (χ3n) is 2.78. The van der Waals surface area contributed by atoms with Gasteiger partial charge in [0.25, 0.3) is 0 Å². The summed E-state index contributed by atoms with van der Waals surface area (Å²) in [7, 11) is 0. The molecule has 0 aliphatic heterocycles. The van der Waals surface area contributed by atoms with E-state index in [1.54, 1.807) is 6.07 Å². The molecular weight excluding hydrogens is 235 g/mol. The number of thioether (sulfide) groups is 1. The number of hydrogen-bond donors (Lipinski definition) is 1. The zero-order valence-corrected chi connectivity index (χ0v) is 11.4. The first kappa shape index (κ1) is 14.3. The van der Waals surface area contributed by atoms with E-state index >= 15 is 0 Å². The molecule has 4 heteroatoms. The number of nitrogens with zero attached hydrogens (tertiary/aromatic N) is 1. The summed E-state index contributed by atoms with van der Waals surface area (Å²) in [5, 5.41) is 0. The summed E-state index contributed by atoms with van der Waals surface area (Å²) in [5.41, 5.74) is 6.66. The summed E-state index contributed by atoms with van der Waals surface area (Å²) in [6.07, 6.45) is 0. The van der Waals surface area contributed by atoms with Crippen molar-refractivity contribution in [3.8, 4) is 0 Å². The molecule has 0 saturated heterocycles. The second-order valence-corrected chi connectivity index (χ2v) is 5.04. The Morgan fingerprint density at radius 1 is 1.29 bits per heavy atom. The topological polar surface area (TPSA) is 29.3 Å². The van der Waals surface area contributed by atoms with Gasteiger partial charge in [-0.05, 0) is 30.8 Å². The third-order valence-corrected chi connectivity index (χ3v) is 3.79. The Morgan fingerprint density at radius 3 is 2.59 bits per heavy atom.